The van der Waals surface area contributed by atoms with Crippen molar-refractivity contribution in [2.75, 3.05) is 12.4 Å². The van der Waals surface area contributed by atoms with Crippen molar-refractivity contribution < 1.29 is 14.6 Å². The van der Waals surface area contributed by atoms with Crippen LogP contribution in [-0.2, 0) is 4.79 Å². The number of pyridine rings is 1. The van der Waals surface area contributed by atoms with E-state index in [4.69, 9.17) is 9.84 Å². The van der Waals surface area contributed by atoms with E-state index in [1.807, 2.05) is 31.2 Å². The SMILES string of the molecule is CCC(CC(=O)O)Nc1nccc2cc(OC)ccc12. The minimum atomic E-state index is -0.814. The van der Waals surface area contributed by atoms with Gasteiger partial charge in [-0.15, -0.1) is 0 Å². The first-order valence-electron chi connectivity index (χ1n) is 6.55. The lowest BCUT2D eigenvalue weighted by molar-refractivity contribution is -0.137. The van der Waals surface area contributed by atoms with E-state index in [0.29, 0.717) is 5.82 Å². The Balaban J connectivity index is 2.31. The highest BCUT2D eigenvalue weighted by molar-refractivity contribution is 5.92. The highest BCUT2D eigenvalue weighted by Crippen LogP contribution is 2.26. The first-order valence-corrected chi connectivity index (χ1v) is 6.55. The van der Waals surface area contributed by atoms with Gasteiger partial charge in [0.1, 0.15) is 11.6 Å². The Morgan fingerprint density at radius 2 is 2.25 bits per heavy atom. The fourth-order valence-electron chi connectivity index (χ4n) is 2.10. The number of rotatable bonds is 6. The molecule has 1 atom stereocenters. The lowest BCUT2D eigenvalue weighted by atomic mass is 10.1. The molecule has 0 spiro atoms. The van der Waals surface area contributed by atoms with Crippen LogP contribution in [0.25, 0.3) is 10.8 Å². The van der Waals surface area contributed by atoms with Crippen molar-refractivity contribution in [3.63, 3.8) is 0 Å². The standard InChI is InChI=1S/C15H18N2O3/c1-3-11(9-14(18)19)17-15-13-5-4-12(20-2)8-10(13)6-7-16-15/h4-8,11H,3,9H2,1-2H3,(H,16,17)(H,18,19). The second-order valence-corrected chi connectivity index (χ2v) is 4.59. The molecule has 1 unspecified atom stereocenters. The van der Waals surface area contributed by atoms with Crippen molar-refractivity contribution in [2.24, 2.45) is 0 Å². The van der Waals surface area contributed by atoms with Gasteiger partial charge in [0.2, 0.25) is 0 Å². The molecule has 0 amide bonds. The third-order valence-corrected chi connectivity index (χ3v) is 3.23. The second kappa shape index (κ2) is 6.23. The Bertz CT molecular complexity index is 613. The van der Waals surface area contributed by atoms with Gasteiger partial charge in [-0.3, -0.25) is 4.79 Å². The molecule has 1 aromatic carbocycles. The molecular formula is C15H18N2O3. The maximum Gasteiger partial charge on any atom is 0.305 e. The lowest BCUT2D eigenvalue weighted by Gasteiger charge is -2.17. The molecule has 5 heteroatoms. The molecule has 0 aliphatic heterocycles. The average Bonchev–Trinajstić information content (AvgIpc) is 2.45. The summed E-state index contributed by atoms with van der Waals surface area (Å²) in [4.78, 5) is 15.1. The third-order valence-electron chi connectivity index (χ3n) is 3.23. The number of aromatic nitrogens is 1. The van der Waals surface area contributed by atoms with Crippen molar-refractivity contribution in [1.82, 2.24) is 4.98 Å². The highest BCUT2D eigenvalue weighted by Gasteiger charge is 2.13. The Morgan fingerprint density at radius 1 is 1.45 bits per heavy atom. The average molecular weight is 274 g/mol. The van der Waals surface area contributed by atoms with Crippen molar-refractivity contribution in [3.8, 4) is 5.75 Å². The van der Waals surface area contributed by atoms with Gasteiger partial charge in [0.05, 0.1) is 13.5 Å². The smallest absolute Gasteiger partial charge is 0.305 e. The van der Waals surface area contributed by atoms with Gasteiger partial charge in [-0.05, 0) is 36.1 Å². The van der Waals surface area contributed by atoms with E-state index in [9.17, 15) is 4.79 Å². The predicted molar refractivity (Wildman–Crippen MR) is 78.2 cm³/mol. The van der Waals surface area contributed by atoms with Crippen LogP contribution in [0.5, 0.6) is 5.75 Å². The molecule has 0 saturated carbocycles. The molecule has 2 N–H and O–H groups in total. The van der Waals surface area contributed by atoms with Crippen molar-refractivity contribution >= 4 is 22.6 Å². The van der Waals surface area contributed by atoms with Crippen molar-refractivity contribution in [3.05, 3.63) is 30.5 Å². The zero-order chi connectivity index (χ0) is 14.5. The maximum atomic E-state index is 10.8. The molecule has 0 aliphatic carbocycles. The Morgan fingerprint density at radius 3 is 2.90 bits per heavy atom. The maximum absolute atomic E-state index is 10.8. The summed E-state index contributed by atoms with van der Waals surface area (Å²) in [5.74, 6) is 0.678. The van der Waals surface area contributed by atoms with E-state index < -0.39 is 5.97 Å². The fourth-order valence-corrected chi connectivity index (χ4v) is 2.10. The quantitative estimate of drug-likeness (QED) is 0.847. The number of benzene rings is 1. The molecule has 1 aromatic heterocycles. The molecule has 20 heavy (non-hydrogen) atoms. The first-order chi connectivity index (χ1) is 9.63. The number of fused-ring (bicyclic) bond motifs is 1. The van der Waals surface area contributed by atoms with Crippen LogP contribution in [0.3, 0.4) is 0 Å². The number of ether oxygens (including phenoxy) is 1. The fraction of sp³-hybridized carbons (Fsp3) is 0.333. The molecule has 1 heterocycles. The molecule has 5 nitrogen and oxygen atoms in total. The molecule has 0 aliphatic rings. The monoisotopic (exact) mass is 274 g/mol. The summed E-state index contributed by atoms with van der Waals surface area (Å²) in [6.45, 7) is 1.95. The predicted octanol–water partition coefficient (Wildman–Crippen LogP) is 2.91. The third kappa shape index (κ3) is 3.17. The van der Waals surface area contributed by atoms with Crippen LogP contribution >= 0.6 is 0 Å². The Kier molecular flexibility index (Phi) is 4.40. The molecule has 0 radical (unpaired) electrons. The zero-order valence-corrected chi connectivity index (χ0v) is 11.6. The van der Waals surface area contributed by atoms with Gasteiger partial charge in [-0.25, -0.2) is 4.98 Å². The molecular weight excluding hydrogens is 256 g/mol. The molecule has 106 valence electrons. The molecule has 0 bridgehead atoms. The van der Waals surface area contributed by atoms with Gasteiger partial charge < -0.3 is 15.2 Å². The number of carboxylic acids is 1. The summed E-state index contributed by atoms with van der Waals surface area (Å²) in [6, 6.07) is 7.50. The van der Waals surface area contributed by atoms with Crippen LogP contribution in [-0.4, -0.2) is 29.2 Å². The summed E-state index contributed by atoms with van der Waals surface area (Å²) >= 11 is 0. The van der Waals surface area contributed by atoms with E-state index in [-0.39, 0.29) is 12.5 Å². The van der Waals surface area contributed by atoms with Gasteiger partial charge in [0.15, 0.2) is 0 Å². The van der Waals surface area contributed by atoms with Crippen LogP contribution in [0, 0.1) is 0 Å². The molecule has 2 aromatic rings. The Labute approximate surface area is 117 Å². The summed E-state index contributed by atoms with van der Waals surface area (Å²) in [5, 5.41) is 14.1. The van der Waals surface area contributed by atoms with E-state index in [1.165, 1.54) is 0 Å². The van der Waals surface area contributed by atoms with Crippen LogP contribution < -0.4 is 10.1 Å². The van der Waals surface area contributed by atoms with Crippen LogP contribution in [0.4, 0.5) is 5.82 Å². The largest absolute Gasteiger partial charge is 0.497 e. The van der Waals surface area contributed by atoms with Gasteiger partial charge in [-0.2, -0.15) is 0 Å². The van der Waals surface area contributed by atoms with E-state index in [0.717, 1.165) is 22.9 Å². The summed E-state index contributed by atoms with van der Waals surface area (Å²) in [5.41, 5.74) is 0. The number of hydrogen-bond donors (Lipinski definition) is 2. The molecule has 0 fully saturated rings. The summed E-state index contributed by atoms with van der Waals surface area (Å²) < 4.78 is 5.20. The van der Waals surface area contributed by atoms with Crippen molar-refractivity contribution in [2.45, 2.75) is 25.8 Å². The normalized spacial score (nSPS) is 12.1. The number of carboxylic acid groups (broad SMARTS) is 1. The number of carbonyl (C=O) groups is 1. The van der Waals surface area contributed by atoms with E-state index >= 15 is 0 Å². The molecule has 2 rings (SSSR count). The van der Waals surface area contributed by atoms with Gasteiger partial charge in [0.25, 0.3) is 0 Å². The number of nitrogens with one attached hydrogen (secondary N) is 1. The summed E-state index contributed by atoms with van der Waals surface area (Å²) in [6.07, 6.45) is 2.50. The number of hydrogen-bond acceptors (Lipinski definition) is 4. The van der Waals surface area contributed by atoms with Gasteiger partial charge in [-0.1, -0.05) is 6.92 Å². The van der Waals surface area contributed by atoms with Gasteiger partial charge in [0, 0.05) is 17.6 Å². The first kappa shape index (κ1) is 14.1. The van der Waals surface area contributed by atoms with E-state index in [2.05, 4.69) is 10.3 Å². The lowest BCUT2D eigenvalue weighted by Crippen LogP contribution is -2.22. The number of anilines is 1. The minimum absolute atomic E-state index is 0.0741. The second-order valence-electron chi connectivity index (χ2n) is 4.59. The van der Waals surface area contributed by atoms with E-state index in [1.54, 1.807) is 13.3 Å². The van der Waals surface area contributed by atoms with Crippen LogP contribution in [0.2, 0.25) is 0 Å². The number of aliphatic carboxylic acids is 1. The number of nitrogens with zero attached hydrogens (tertiary/aromatic N) is 1. The number of methoxy groups -OCH3 is 1. The highest BCUT2D eigenvalue weighted by atomic mass is 16.5. The zero-order valence-electron chi connectivity index (χ0n) is 11.6. The van der Waals surface area contributed by atoms with Crippen LogP contribution in [0.15, 0.2) is 30.5 Å². The van der Waals surface area contributed by atoms with Gasteiger partial charge >= 0.3 is 5.97 Å². The van der Waals surface area contributed by atoms with Crippen LogP contribution in [0.1, 0.15) is 19.8 Å². The Hall–Kier alpha value is -2.30. The topological polar surface area (TPSA) is 71.5 Å². The minimum Gasteiger partial charge on any atom is -0.497 e. The van der Waals surface area contributed by atoms with Crippen molar-refractivity contribution in [1.29, 1.82) is 0 Å². The summed E-state index contributed by atoms with van der Waals surface area (Å²) in [7, 11) is 1.63. The molecule has 0 saturated heterocycles.